The number of methoxy groups -OCH3 is 1. The normalized spacial score (nSPS) is 13.4. The number of nitrogens with zero attached hydrogens (tertiary/aromatic N) is 1. The molecule has 3 aromatic carbocycles. The van der Waals surface area contributed by atoms with Crippen LogP contribution in [0.25, 0.3) is 0 Å². The van der Waals surface area contributed by atoms with E-state index < -0.39 is 38.1 Å². The van der Waals surface area contributed by atoms with E-state index in [2.05, 4.69) is 10.0 Å². The second kappa shape index (κ2) is 17.1. The number of carbonyl (C=O) groups is 1. The minimum absolute atomic E-state index is 0.0309. The number of sulfonamides is 2. The first-order valence-electron chi connectivity index (χ1n) is 15.3. The summed E-state index contributed by atoms with van der Waals surface area (Å²) in [5.74, 6) is -0.648. The molecule has 0 bridgehead atoms. The van der Waals surface area contributed by atoms with Crippen molar-refractivity contribution >= 4 is 43.2 Å². The molecule has 0 unspecified atom stereocenters. The number of ether oxygens (including phenoxy) is 1. The highest BCUT2D eigenvalue weighted by atomic mass is 32.2. The lowest BCUT2D eigenvalue weighted by Gasteiger charge is -2.30. The number of nitrogens with one attached hydrogen (secondary N) is 2. The quantitative estimate of drug-likeness (QED) is 0.113. The summed E-state index contributed by atoms with van der Waals surface area (Å²) in [6, 6.07) is 21.0. The van der Waals surface area contributed by atoms with Crippen molar-refractivity contribution in [2.75, 3.05) is 20.2 Å². The van der Waals surface area contributed by atoms with Gasteiger partial charge in [0.25, 0.3) is 0 Å². The van der Waals surface area contributed by atoms with Gasteiger partial charge >= 0.3 is 5.97 Å². The zero-order chi connectivity index (χ0) is 33.9. The lowest BCUT2D eigenvalue weighted by molar-refractivity contribution is -0.145. The molecule has 0 spiro atoms. The van der Waals surface area contributed by atoms with Crippen LogP contribution in [0.3, 0.4) is 0 Å². The second-order valence-electron chi connectivity index (χ2n) is 11.8. The topological polar surface area (TPSA) is 122 Å². The first-order chi connectivity index (χ1) is 21.7. The fourth-order valence-corrected chi connectivity index (χ4v) is 8.22. The van der Waals surface area contributed by atoms with E-state index in [0.29, 0.717) is 30.8 Å². The number of esters is 1. The SMILES string of the molecule is COC(=O)[C@H](CCCCNC(=S)[C@H](Cc1ccccc1)NS(=O)(=O)c1ccc(C)cc1)N(CC(C)C)S(=O)(=O)c1ccc(C)cc1. The van der Waals surface area contributed by atoms with Crippen LogP contribution in [-0.4, -0.2) is 64.4 Å². The van der Waals surface area contributed by atoms with Gasteiger partial charge in [-0.1, -0.05) is 91.8 Å². The van der Waals surface area contributed by atoms with Gasteiger partial charge in [-0.15, -0.1) is 0 Å². The molecule has 0 radical (unpaired) electrons. The molecule has 2 atom stereocenters. The van der Waals surface area contributed by atoms with Crippen LogP contribution in [0.2, 0.25) is 0 Å². The fraction of sp³-hybridized carbons (Fsp3) is 0.412. The number of hydrogen-bond donors (Lipinski definition) is 2. The van der Waals surface area contributed by atoms with Crippen molar-refractivity contribution in [3.8, 4) is 0 Å². The molecule has 0 amide bonds. The predicted octanol–water partition coefficient (Wildman–Crippen LogP) is 5.17. The lowest BCUT2D eigenvalue weighted by Crippen LogP contribution is -2.47. The Labute approximate surface area is 279 Å². The summed E-state index contributed by atoms with van der Waals surface area (Å²) in [5, 5.41) is 3.18. The average Bonchev–Trinajstić information content (AvgIpc) is 3.01. The van der Waals surface area contributed by atoms with Gasteiger partial charge in [0.05, 0.1) is 27.9 Å². The fourth-order valence-electron chi connectivity index (χ4n) is 4.92. The Hall–Kier alpha value is -3.16. The Morgan fingerprint density at radius 3 is 1.96 bits per heavy atom. The van der Waals surface area contributed by atoms with Crippen molar-refractivity contribution in [2.24, 2.45) is 5.92 Å². The van der Waals surface area contributed by atoms with E-state index in [0.717, 1.165) is 16.7 Å². The third-order valence-electron chi connectivity index (χ3n) is 7.42. The van der Waals surface area contributed by atoms with Crippen molar-refractivity contribution in [1.29, 1.82) is 0 Å². The summed E-state index contributed by atoms with van der Waals surface area (Å²) in [4.78, 5) is 13.6. The van der Waals surface area contributed by atoms with E-state index in [4.69, 9.17) is 17.0 Å². The molecule has 12 heteroatoms. The Morgan fingerprint density at radius 1 is 0.848 bits per heavy atom. The predicted molar refractivity (Wildman–Crippen MR) is 186 cm³/mol. The molecule has 0 aromatic heterocycles. The van der Waals surface area contributed by atoms with Gasteiger partial charge in [0, 0.05) is 13.1 Å². The summed E-state index contributed by atoms with van der Waals surface area (Å²) in [6.45, 7) is 8.12. The second-order valence-corrected chi connectivity index (χ2v) is 15.8. The molecule has 0 aliphatic carbocycles. The zero-order valence-corrected chi connectivity index (χ0v) is 29.6. The maximum atomic E-state index is 13.7. The number of unbranched alkanes of at least 4 members (excludes halogenated alkanes) is 1. The molecular formula is C34H45N3O6S3. The van der Waals surface area contributed by atoms with Crippen molar-refractivity contribution < 1.29 is 26.4 Å². The van der Waals surface area contributed by atoms with Gasteiger partial charge in [-0.25, -0.2) is 21.6 Å². The highest BCUT2D eigenvalue weighted by Crippen LogP contribution is 2.24. The number of rotatable bonds is 17. The van der Waals surface area contributed by atoms with E-state index in [-0.39, 0.29) is 28.7 Å². The molecule has 0 heterocycles. The van der Waals surface area contributed by atoms with Gasteiger partial charge in [0.15, 0.2) is 0 Å². The number of carbonyl (C=O) groups excluding carboxylic acids is 1. The summed E-state index contributed by atoms with van der Waals surface area (Å²) in [5.41, 5.74) is 2.80. The molecule has 0 aliphatic rings. The summed E-state index contributed by atoms with van der Waals surface area (Å²) >= 11 is 5.68. The Morgan fingerprint density at radius 2 is 1.41 bits per heavy atom. The molecule has 9 nitrogen and oxygen atoms in total. The van der Waals surface area contributed by atoms with Crippen molar-refractivity contribution in [2.45, 2.75) is 75.3 Å². The summed E-state index contributed by atoms with van der Waals surface area (Å²) < 4.78 is 63.0. The standard InChI is InChI=1S/C34H45N3O6S3/c1-25(2)24-37(46(41,42)30-20-16-27(4)17-21-30)32(34(38)43-5)13-9-10-22-35-33(44)31(23-28-11-7-6-8-12-28)36-45(39,40)29-18-14-26(3)15-19-29/h6-8,11-12,14-21,25,31-32,36H,9-10,13,22-24H2,1-5H3,(H,35,44)/t31-,32-/m0/s1. The maximum Gasteiger partial charge on any atom is 0.324 e. The monoisotopic (exact) mass is 687 g/mol. The van der Waals surface area contributed by atoms with E-state index in [1.54, 1.807) is 48.5 Å². The van der Waals surface area contributed by atoms with Crippen molar-refractivity contribution in [3.63, 3.8) is 0 Å². The van der Waals surface area contributed by atoms with E-state index in [1.807, 2.05) is 58.0 Å². The van der Waals surface area contributed by atoms with Crippen molar-refractivity contribution in [3.05, 3.63) is 95.6 Å². The molecule has 3 aromatic rings. The summed E-state index contributed by atoms with van der Waals surface area (Å²) in [6.07, 6.45) is 1.64. The van der Waals surface area contributed by atoms with Crippen LogP contribution in [-0.2, 0) is 36.0 Å². The van der Waals surface area contributed by atoms with E-state index >= 15 is 0 Å². The van der Waals surface area contributed by atoms with Crippen LogP contribution in [0.5, 0.6) is 0 Å². The Balaban J connectivity index is 1.70. The third-order valence-corrected chi connectivity index (χ3v) is 11.2. The molecular weight excluding hydrogens is 643 g/mol. The molecule has 0 aliphatic heterocycles. The molecule has 2 N–H and O–H groups in total. The molecule has 3 rings (SSSR count). The smallest absolute Gasteiger partial charge is 0.324 e. The van der Waals surface area contributed by atoms with Gasteiger partial charge in [-0.3, -0.25) is 4.79 Å². The lowest BCUT2D eigenvalue weighted by atomic mass is 10.1. The minimum Gasteiger partial charge on any atom is -0.468 e. The largest absolute Gasteiger partial charge is 0.468 e. The van der Waals surface area contributed by atoms with Crippen LogP contribution < -0.4 is 10.0 Å². The molecule has 0 saturated carbocycles. The number of thiocarbonyl (C=S) groups is 1. The summed E-state index contributed by atoms with van der Waals surface area (Å²) in [7, 11) is -6.57. The molecule has 46 heavy (non-hydrogen) atoms. The van der Waals surface area contributed by atoms with Crippen LogP contribution in [0.1, 0.15) is 49.8 Å². The first kappa shape index (κ1) is 37.3. The number of benzene rings is 3. The van der Waals surface area contributed by atoms with Crippen LogP contribution >= 0.6 is 12.2 Å². The van der Waals surface area contributed by atoms with Crippen molar-refractivity contribution in [1.82, 2.24) is 14.3 Å². The highest BCUT2D eigenvalue weighted by molar-refractivity contribution is 7.89. The average molecular weight is 688 g/mol. The first-order valence-corrected chi connectivity index (χ1v) is 18.6. The van der Waals surface area contributed by atoms with Gasteiger partial charge in [0.2, 0.25) is 20.0 Å². The minimum atomic E-state index is -3.98. The van der Waals surface area contributed by atoms with Gasteiger partial charge in [0.1, 0.15) is 6.04 Å². The highest BCUT2D eigenvalue weighted by Gasteiger charge is 2.36. The maximum absolute atomic E-state index is 13.7. The third kappa shape index (κ3) is 10.7. The van der Waals surface area contributed by atoms with E-state index in [9.17, 15) is 21.6 Å². The van der Waals surface area contributed by atoms with Crippen LogP contribution in [0.15, 0.2) is 88.7 Å². The molecule has 0 saturated heterocycles. The zero-order valence-electron chi connectivity index (χ0n) is 27.1. The number of hydrogen-bond acceptors (Lipinski definition) is 7. The number of aryl methyl sites for hydroxylation is 2. The van der Waals surface area contributed by atoms with Gasteiger partial charge < -0.3 is 10.1 Å². The molecule has 0 fully saturated rings. The van der Waals surface area contributed by atoms with Gasteiger partial charge in [-0.05, 0) is 75.3 Å². The van der Waals surface area contributed by atoms with Gasteiger partial charge in [-0.2, -0.15) is 4.31 Å². The van der Waals surface area contributed by atoms with E-state index in [1.165, 1.54) is 11.4 Å². The van der Waals surface area contributed by atoms with Crippen LogP contribution in [0, 0.1) is 19.8 Å². The van der Waals surface area contributed by atoms with Crippen LogP contribution in [0.4, 0.5) is 0 Å². The molecule has 250 valence electrons. The Bertz CT molecular complexity index is 1640. The Kier molecular flexibility index (Phi) is 13.9.